The van der Waals surface area contributed by atoms with Crippen LogP contribution in [0, 0.1) is 0 Å². The summed E-state index contributed by atoms with van der Waals surface area (Å²) >= 11 is 1.68. The first-order chi connectivity index (χ1) is 10.2. The van der Waals surface area contributed by atoms with Crippen LogP contribution in [0.4, 0.5) is 0 Å². The average Bonchev–Trinajstić information content (AvgIpc) is 2.96. The summed E-state index contributed by atoms with van der Waals surface area (Å²) < 4.78 is 5.76. The van der Waals surface area contributed by atoms with Crippen molar-refractivity contribution < 1.29 is 4.74 Å². The molecule has 2 N–H and O–H groups in total. The first kappa shape index (κ1) is 16.1. The summed E-state index contributed by atoms with van der Waals surface area (Å²) in [7, 11) is 0. The van der Waals surface area contributed by atoms with Gasteiger partial charge in [0.25, 0.3) is 0 Å². The number of hydrogen-bond acceptors (Lipinski definition) is 4. The van der Waals surface area contributed by atoms with Crippen LogP contribution in [-0.4, -0.2) is 23.7 Å². The molecule has 1 aromatic carbocycles. The van der Waals surface area contributed by atoms with E-state index in [0.29, 0.717) is 6.61 Å². The van der Waals surface area contributed by atoms with Gasteiger partial charge < -0.3 is 10.5 Å². The molecule has 2 rings (SSSR count). The van der Waals surface area contributed by atoms with E-state index in [4.69, 9.17) is 15.5 Å². The first-order valence-electron chi connectivity index (χ1n) is 7.61. The van der Waals surface area contributed by atoms with Crippen molar-refractivity contribution in [2.75, 3.05) is 6.61 Å². The fraction of sp³-hybridized carbons (Fsp3) is 0.471. The Balaban J connectivity index is 2.01. The molecule has 0 radical (unpaired) electrons. The summed E-state index contributed by atoms with van der Waals surface area (Å²) in [4.78, 5) is 4.71. The molecule has 2 atom stereocenters. The number of thiazole rings is 1. The van der Waals surface area contributed by atoms with E-state index >= 15 is 0 Å². The second-order valence-electron chi connectivity index (χ2n) is 5.14. The highest BCUT2D eigenvalue weighted by molar-refractivity contribution is 7.09. The molecule has 0 spiro atoms. The van der Waals surface area contributed by atoms with Crippen LogP contribution in [0.3, 0.4) is 0 Å². The molecule has 3 nitrogen and oxygen atoms in total. The third-order valence-electron chi connectivity index (χ3n) is 3.46. The molecule has 0 aliphatic carbocycles. The molecule has 1 aromatic heterocycles. The van der Waals surface area contributed by atoms with Crippen LogP contribution in [0.5, 0.6) is 0 Å². The lowest BCUT2D eigenvalue weighted by Gasteiger charge is -2.22. The van der Waals surface area contributed by atoms with Crippen LogP contribution in [0.15, 0.2) is 35.7 Å². The monoisotopic (exact) mass is 304 g/mol. The van der Waals surface area contributed by atoms with E-state index in [1.807, 2.05) is 25.1 Å². The fourth-order valence-corrected chi connectivity index (χ4v) is 3.28. The van der Waals surface area contributed by atoms with Gasteiger partial charge in [0.2, 0.25) is 0 Å². The number of aromatic nitrogens is 1. The predicted octanol–water partition coefficient (Wildman–Crippen LogP) is 3.89. The van der Waals surface area contributed by atoms with Gasteiger partial charge in [-0.25, -0.2) is 4.98 Å². The van der Waals surface area contributed by atoms with Gasteiger partial charge in [0.15, 0.2) is 0 Å². The fourth-order valence-electron chi connectivity index (χ4n) is 2.40. The van der Waals surface area contributed by atoms with E-state index in [2.05, 4.69) is 24.4 Å². The van der Waals surface area contributed by atoms with E-state index in [0.717, 1.165) is 35.5 Å². The predicted molar refractivity (Wildman–Crippen MR) is 89.6 cm³/mol. The van der Waals surface area contributed by atoms with Gasteiger partial charge in [-0.1, -0.05) is 43.7 Å². The number of ether oxygens (including phenoxy) is 1. The molecule has 114 valence electrons. The number of hydrogen-bond donors (Lipinski definition) is 1. The number of nitrogens with zero attached hydrogens (tertiary/aromatic N) is 1. The summed E-state index contributed by atoms with van der Waals surface area (Å²) in [5, 5.41) is 3.19. The maximum atomic E-state index is 6.31. The van der Waals surface area contributed by atoms with Crippen LogP contribution in [-0.2, 0) is 11.2 Å². The lowest BCUT2D eigenvalue weighted by atomic mass is 10.0. The normalized spacial score (nSPS) is 14.0. The second kappa shape index (κ2) is 8.27. The minimum atomic E-state index is 0.0136. The van der Waals surface area contributed by atoms with Crippen LogP contribution in [0.1, 0.15) is 31.7 Å². The molecule has 0 bridgehead atoms. The zero-order chi connectivity index (χ0) is 15.1. The Kier molecular flexibility index (Phi) is 6.36. The summed E-state index contributed by atoms with van der Waals surface area (Å²) in [6.45, 7) is 4.90. The van der Waals surface area contributed by atoms with Crippen molar-refractivity contribution >= 4 is 11.3 Å². The molecule has 0 fully saturated rings. The maximum Gasteiger partial charge on any atom is 0.0949 e. The third kappa shape index (κ3) is 4.63. The summed E-state index contributed by atoms with van der Waals surface area (Å²) in [5.41, 5.74) is 8.50. The lowest BCUT2D eigenvalue weighted by Crippen LogP contribution is -2.38. The smallest absolute Gasteiger partial charge is 0.0949 e. The Morgan fingerprint density at radius 2 is 2.00 bits per heavy atom. The topological polar surface area (TPSA) is 48.1 Å². The molecule has 0 aliphatic heterocycles. The summed E-state index contributed by atoms with van der Waals surface area (Å²) in [5.74, 6) is 0. The second-order valence-corrected chi connectivity index (χ2v) is 6.09. The number of rotatable bonds is 8. The molecule has 0 aliphatic rings. The zero-order valence-electron chi connectivity index (χ0n) is 12.8. The van der Waals surface area contributed by atoms with Crippen molar-refractivity contribution in [3.63, 3.8) is 0 Å². The minimum Gasteiger partial charge on any atom is -0.377 e. The Labute approximate surface area is 131 Å². The molecule has 21 heavy (non-hydrogen) atoms. The summed E-state index contributed by atoms with van der Waals surface area (Å²) in [6.07, 6.45) is 3.00. The van der Waals surface area contributed by atoms with Gasteiger partial charge in [-0.2, -0.15) is 0 Å². The standard InChI is InChI=1S/C17H24N2OS/c1-3-8-16(20-4-2)14(18)11-17-19-15(12-21-17)13-9-6-5-7-10-13/h5-7,9-10,12,14,16H,3-4,8,11,18H2,1-2H3. The van der Waals surface area contributed by atoms with Crippen molar-refractivity contribution in [2.24, 2.45) is 5.73 Å². The summed E-state index contributed by atoms with van der Waals surface area (Å²) in [6, 6.07) is 10.3. The highest BCUT2D eigenvalue weighted by Crippen LogP contribution is 2.23. The van der Waals surface area contributed by atoms with Gasteiger partial charge in [-0.05, 0) is 13.3 Å². The van der Waals surface area contributed by atoms with Crippen molar-refractivity contribution in [1.82, 2.24) is 4.98 Å². The molecule has 2 aromatic rings. The largest absolute Gasteiger partial charge is 0.377 e. The third-order valence-corrected chi connectivity index (χ3v) is 4.33. The van der Waals surface area contributed by atoms with Crippen LogP contribution < -0.4 is 5.73 Å². The van der Waals surface area contributed by atoms with Gasteiger partial charge in [0.05, 0.1) is 16.8 Å². The highest BCUT2D eigenvalue weighted by Gasteiger charge is 2.19. The average molecular weight is 304 g/mol. The van der Waals surface area contributed by atoms with Crippen molar-refractivity contribution in [3.8, 4) is 11.3 Å². The zero-order valence-corrected chi connectivity index (χ0v) is 13.6. The van der Waals surface area contributed by atoms with Crippen LogP contribution in [0.2, 0.25) is 0 Å². The molecular formula is C17H24N2OS. The van der Waals surface area contributed by atoms with Crippen molar-refractivity contribution in [2.45, 2.75) is 45.3 Å². The van der Waals surface area contributed by atoms with Gasteiger partial charge in [-0.15, -0.1) is 11.3 Å². The minimum absolute atomic E-state index is 0.0136. The maximum absolute atomic E-state index is 6.31. The van der Waals surface area contributed by atoms with Crippen LogP contribution in [0.25, 0.3) is 11.3 Å². The number of nitrogens with two attached hydrogens (primary N) is 1. The van der Waals surface area contributed by atoms with Gasteiger partial charge in [0.1, 0.15) is 0 Å². The van der Waals surface area contributed by atoms with E-state index in [1.54, 1.807) is 11.3 Å². The Morgan fingerprint density at radius 3 is 2.67 bits per heavy atom. The van der Waals surface area contributed by atoms with E-state index < -0.39 is 0 Å². The van der Waals surface area contributed by atoms with Crippen molar-refractivity contribution in [3.05, 3.63) is 40.7 Å². The SMILES string of the molecule is CCCC(OCC)C(N)Cc1nc(-c2ccccc2)cs1. The molecular weight excluding hydrogens is 280 g/mol. The molecule has 0 amide bonds. The first-order valence-corrected chi connectivity index (χ1v) is 8.49. The Morgan fingerprint density at radius 1 is 1.24 bits per heavy atom. The van der Waals surface area contributed by atoms with E-state index in [9.17, 15) is 0 Å². The van der Waals surface area contributed by atoms with Crippen LogP contribution >= 0.6 is 11.3 Å². The van der Waals surface area contributed by atoms with E-state index in [1.165, 1.54) is 0 Å². The quantitative estimate of drug-likeness (QED) is 0.805. The number of benzene rings is 1. The Hall–Kier alpha value is -1.23. The van der Waals surface area contributed by atoms with Gasteiger partial charge in [-0.3, -0.25) is 0 Å². The molecule has 0 saturated carbocycles. The molecule has 0 saturated heterocycles. The van der Waals surface area contributed by atoms with Gasteiger partial charge in [0, 0.05) is 30.0 Å². The van der Waals surface area contributed by atoms with Crippen molar-refractivity contribution in [1.29, 1.82) is 0 Å². The molecule has 1 heterocycles. The van der Waals surface area contributed by atoms with Gasteiger partial charge >= 0.3 is 0 Å². The Bertz CT molecular complexity index is 521. The highest BCUT2D eigenvalue weighted by atomic mass is 32.1. The molecule has 4 heteroatoms. The molecule has 2 unspecified atom stereocenters. The van der Waals surface area contributed by atoms with E-state index in [-0.39, 0.29) is 12.1 Å². The lowest BCUT2D eigenvalue weighted by molar-refractivity contribution is 0.0378.